The van der Waals surface area contributed by atoms with Crippen molar-refractivity contribution in [3.63, 3.8) is 0 Å². The van der Waals surface area contributed by atoms with Crippen molar-refractivity contribution in [2.45, 2.75) is 6.92 Å². The zero-order valence-corrected chi connectivity index (χ0v) is 16.7. The maximum Gasteiger partial charge on any atom is 0.321 e. The zero-order chi connectivity index (χ0) is 21.5. The molecular formula is C21H24FN5O3. The second kappa shape index (κ2) is 9.73. The second-order valence-electron chi connectivity index (χ2n) is 6.98. The van der Waals surface area contributed by atoms with Gasteiger partial charge in [0.25, 0.3) is 0 Å². The van der Waals surface area contributed by atoms with Gasteiger partial charge in [0.2, 0.25) is 5.91 Å². The summed E-state index contributed by atoms with van der Waals surface area (Å²) in [5.74, 6) is -0.589. The lowest BCUT2D eigenvalue weighted by Crippen LogP contribution is -2.53. The van der Waals surface area contributed by atoms with Gasteiger partial charge < -0.3 is 25.8 Å². The number of halogens is 1. The number of hydrogen-bond donors (Lipinski definition) is 3. The van der Waals surface area contributed by atoms with Crippen LogP contribution in [0.3, 0.4) is 0 Å². The molecule has 1 fully saturated rings. The lowest BCUT2D eigenvalue weighted by Gasteiger charge is -2.34. The molecule has 0 atom stereocenters. The Balaban J connectivity index is 1.39. The Bertz CT molecular complexity index is 911. The summed E-state index contributed by atoms with van der Waals surface area (Å²) in [5, 5.41) is 7.94. The van der Waals surface area contributed by atoms with Crippen LogP contribution in [-0.4, -0.2) is 60.5 Å². The van der Waals surface area contributed by atoms with E-state index in [0.29, 0.717) is 37.6 Å². The van der Waals surface area contributed by atoms with Gasteiger partial charge in [-0.25, -0.2) is 14.0 Å². The molecule has 5 amide bonds. The number of rotatable bonds is 4. The molecule has 30 heavy (non-hydrogen) atoms. The van der Waals surface area contributed by atoms with Gasteiger partial charge in [0, 0.05) is 37.6 Å². The van der Waals surface area contributed by atoms with E-state index >= 15 is 0 Å². The lowest BCUT2D eigenvalue weighted by atomic mass is 10.2. The molecule has 0 unspecified atom stereocenters. The summed E-state index contributed by atoms with van der Waals surface area (Å²) < 4.78 is 12.9. The van der Waals surface area contributed by atoms with E-state index in [2.05, 4.69) is 16.0 Å². The number of hydrogen-bond acceptors (Lipinski definition) is 3. The monoisotopic (exact) mass is 413 g/mol. The SMILES string of the molecule is Cc1cccc(NC(=O)NCC(=O)N2CCN(C(=O)Nc3ccc(F)cc3)CC2)c1. The zero-order valence-electron chi connectivity index (χ0n) is 16.7. The number of anilines is 2. The lowest BCUT2D eigenvalue weighted by molar-refractivity contribution is -0.131. The summed E-state index contributed by atoms with van der Waals surface area (Å²) in [6.07, 6.45) is 0. The molecular weight excluding hydrogens is 389 g/mol. The number of carbonyl (C=O) groups excluding carboxylic acids is 3. The highest BCUT2D eigenvalue weighted by Crippen LogP contribution is 2.11. The Morgan fingerprint density at radius 2 is 1.57 bits per heavy atom. The smallest absolute Gasteiger partial charge is 0.321 e. The van der Waals surface area contributed by atoms with Crippen LogP contribution in [0.15, 0.2) is 48.5 Å². The maximum absolute atomic E-state index is 12.9. The van der Waals surface area contributed by atoms with Crippen molar-refractivity contribution in [3.05, 3.63) is 59.9 Å². The summed E-state index contributed by atoms with van der Waals surface area (Å²) in [7, 11) is 0. The molecule has 1 heterocycles. The third kappa shape index (κ3) is 5.94. The number of nitrogens with zero attached hydrogens (tertiary/aromatic N) is 2. The number of nitrogens with one attached hydrogen (secondary N) is 3. The first-order chi connectivity index (χ1) is 14.4. The Kier molecular flexibility index (Phi) is 6.84. The minimum absolute atomic E-state index is 0.126. The fraction of sp³-hybridized carbons (Fsp3) is 0.286. The van der Waals surface area contributed by atoms with E-state index < -0.39 is 6.03 Å². The van der Waals surface area contributed by atoms with Crippen LogP contribution in [-0.2, 0) is 4.79 Å². The minimum atomic E-state index is -0.453. The number of aryl methyl sites for hydroxylation is 1. The van der Waals surface area contributed by atoms with E-state index in [4.69, 9.17) is 0 Å². The Hall–Kier alpha value is -3.62. The van der Waals surface area contributed by atoms with Gasteiger partial charge >= 0.3 is 12.1 Å². The van der Waals surface area contributed by atoms with Gasteiger partial charge in [0.05, 0.1) is 6.54 Å². The van der Waals surface area contributed by atoms with E-state index in [1.165, 1.54) is 24.3 Å². The fourth-order valence-electron chi connectivity index (χ4n) is 3.06. The first kappa shape index (κ1) is 21.1. The van der Waals surface area contributed by atoms with Crippen LogP contribution in [0.25, 0.3) is 0 Å². The number of amides is 5. The van der Waals surface area contributed by atoms with Gasteiger partial charge in [-0.1, -0.05) is 12.1 Å². The highest BCUT2D eigenvalue weighted by atomic mass is 19.1. The van der Waals surface area contributed by atoms with Crippen molar-refractivity contribution in [2.24, 2.45) is 0 Å². The topological polar surface area (TPSA) is 93.8 Å². The van der Waals surface area contributed by atoms with Gasteiger partial charge in [0.1, 0.15) is 5.82 Å². The summed E-state index contributed by atoms with van der Waals surface area (Å²) in [5.41, 5.74) is 2.18. The third-order valence-electron chi connectivity index (χ3n) is 4.69. The normalized spacial score (nSPS) is 13.5. The predicted octanol–water partition coefficient (Wildman–Crippen LogP) is 2.63. The first-order valence-electron chi connectivity index (χ1n) is 9.61. The highest BCUT2D eigenvalue weighted by molar-refractivity contribution is 5.92. The molecule has 1 aliphatic heterocycles. The van der Waals surface area contributed by atoms with Crippen LogP contribution in [0.2, 0.25) is 0 Å². The first-order valence-corrected chi connectivity index (χ1v) is 9.61. The molecule has 1 aliphatic rings. The summed E-state index contributed by atoms with van der Waals surface area (Å²) in [4.78, 5) is 39.8. The van der Waals surface area contributed by atoms with Crippen LogP contribution in [0.4, 0.5) is 25.4 Å². The molecule has 2 aromatic carbocycles. The molecule has 158 valence electrons. The number of carbonyl (C=O) groups is 3. The Morgan fingerprint density at radius 3 is 2.23 bits per heavy atom. The van der Waals surface area contributed by atoms with Crippen molar-refractivity contribution >= 4 is 29.3 Å². The van der Waals surface area contributed by atoms with Gasteiger partial charge in [-0.2, -0.15) is 0 Å². The van der Waals surface area contributed by atoms with E-state index in [0.717, 1.165) is 5.56 Å². The van der Waals surface area contributed by atoms with Gasteiger partial charge in [-0.3, -0.25) is 4.79 Å². The molecule has 0 aliphatic carbocycles. The maximum atomic E-state index is 12.9. The van der Waals surface area contributed by atoms with Crippen molar-refractivity contribution in [2.75, 3.05) is 43.4 Å². The average molecular weight is 413 g/mol. The molecule has 0 aromatic heterocycles. The standard InChI is InChI=1S/C21H24FN5O3/c1-15-3-2-4-18(13-15)24-20(29)23-14-19(28)26-9-11-27(12-10-26)21(30)25-17-7-5-16(22)6-8-17/h2-8,13H,9-12,14H2,1H3,(H,25,30)(H2,23,24,29). The second-order valence-corrected chi connectivity index (χ2v) is 6.98. The molecule has 0 saturated carbocycles. The summed E-state index contributed by atoms with van der Waals surface area (Å²) >= 11 is 0. The van der Waals surface area contributed by atoms with E-state index in [9.17, 15) is 18.8 Å². The van der Waals surface area contributed by atoms with Crippen LogP contribution in [0.1, 0.15) is 5.56 Å². The van der Waals surface area contributed by atoms with Crippen molar-refractivity contribution < 1.29 is 18.8 Å². The van der Waals surface area contributed by atoms with Crippen LogP contribution in [0.5, 0.6) is 0 Å². The number of piperazine rings is 1. The van der Waals surface area contributed by atoms with E-state index in [1.54, 1.807) is 15.9 Å². The van der Waals surface area contributed by atoms with Crippen LogP contribution in [0, 0.1) is 12.7 Å². The molecule has 3 N–H and O–H groups in total. The van der Waals surface area contributed by atoms with Crippen molar-refractivity contribution in [1.82, 2.24) is 15.1 Å². The molecule has 9 heteroatoms. The largest absolute Gasteiger partial charge is 0.338 e. The molecule has 0 bridgehead atoms. The molecule has 2 aromatic rings. The predicted molar refractivity (Wildman–Crippen MR) is 112 cm³/mol. The Labute approximate surface area is 174 Å². The van der Waals surface area contributed by atoms with Gasteiger partial charge in [-0.05, 0) is 48.9 Å². The van der Waals surface area contributed by atoms with Gasteiger partial charge in [-0.15, -0.1) is 0 Å². The number of benzene rings is 2. The molecule has 0 spiro atoms. The van der Waals surface area contributed by atoms with Crippen molar-refractivity contribution in [1.29, 1.82) is 0 Å². The number of urea groups is 2. The van der Waals surface area contributed by atoms with E-state index in [1.807, 2.05) is 25.1 Å². The Morgan fingerprint density at radius 1 is 0.900 bits per heavy atom. The molecule has 3 rings (SSSR count). The summed E-state index contributed by atoms with van der Waals surface area (Å²) in [6, 6.07) is 12.1. The molecule has 1 saturated heterocycles. The molecule has 8 nitrogen and oxygen atoms in total. The summed E-state index contributed by atoms with van der Waals surface area (Å²) in [6.45, 7) is 3.28. The quantitative estimate of drug-likeness (QED) is 0.719. The van der Waals surface area contributed by atoms with Crippen LogP contribution >= 0.6 is 0 Å². The van der Waals surface area contributed by atoms with Crippen molar-refractivity contribution in [3.8, 4) is 0 Å². The molecule has 0 radical (unpaired) electrons. The fourth-order valence-corrected chi connectivity index (χ4v) is 3.06. The van der Waals surface area contributed by atoms with E-state index in [-0.39, 0.29) is 24.3 Å². The highest BCUT2D eigenvalue weighted by Gasteiger charge is 2.24. The minimum Gasteiger partial charge on any atom is -0.338 e. The van der Waals surface area contributed by atoms with Crippen LogP contribution < -0.4 is 16.0 Å². The third-order valence-corrected chi connectivity index (χ3v) is 4.69. The average Bonchev–Trinajstić information content (AvgIpc) is 2.74. The van der Waals surface area contributed by atoms with Gasteiger partial charge in [0.15, 0.2) is 0 Å².